The maximum atomic E-state index is 12.4. The Balaban J connectivity index is 1.32. The maximum Gasteiger partial charge on any atom is 0.288 e. The number of carbonyl (C=O) groups excluding carboxylic acids is 2. The summed E-state index contributed by atoms with van der Waals surface area (Å²) in [5, 5.41) is 16.7. The SMILES string of the molecule is O=C(NC1CC(=O)N(CCc2ccccc2)C1)c1nc(-n2cnnc2)n[nH]1. The van der Waals surface area contributed by atoms with Gasteiger partial charge in [-0.05, 0) is 12.0 Å². The van der Waals surface area contributed by atoms with E-state index >= 15 is 0 Å². The number of nitrogens with one attached hydrogen (secondary N) is 2. The van der Waals surface area contributed by atoms with Crippen molar-refractivity contribution in [2.24, 2.45) is 0 Å². The predicted octanol–water partition coefficient (Wildman–Crippen LogP) is -0.0412. The second-order valence-electron chi connectivity index (χ2n) is 6.30. The van der Waals surface area contributed by atoms with E-state index < -0.39 is 5.91 Å². The molecule has 1 fully saturated rings. The molecular formula is C17H18N8O2. The number of hydrogen-bond acceptors (Lipinski definition) is 6. The zero-order chi connectivity index (χ0) is 18.6. The molecule has 0 spiro atoms. The van der Waals surface area contributed by atoms with Gasteiger partial charge in [0.1, 0.15) is 12.7 Å². The number of likely N-dealkylation sites (tertiary alicyclic amines) is 1. The van der Waals surface area contributed by atoms with Crippen molar-refractivity contribution in [3.63, 3.8) is 0 Å². The van der Waals surface area contributed by atoms with Gasteiger partial charge in [-0.1, -0.05) is 30.3 Å². The van der Waals surface area contributed by atoms with Crippen molar-refractivity contribution in [3.05, 3.63) is 54.4 Å². The molecule has 3 aromatic rings. The summed E-state index contributed by atoms with van der Waals surface area (Å²) in [7, 11) is 0. The minimum atomic E-state index is -0.399. The van der Waals surface area contributed by atoms with E-state index in [1.165, 1.54) is 22.8 Å². The minimum Gasteiger partial charge on any atom is -0.344 e. The molecule has 1 aliphatic heterocycles. The number of aromatic amines is 1. The molecule has 0 saturated carbocycles. The summed E-state index contributed by atoms with van der Waals surface area (Å²) >= 11 is 0. The van der Waals surface area contributed by atoms with Gasteiger partial charge in [-0.2, -0.15) is 4.98 Å². The van der Waals surface area contributed by atoms with E-state index in [1.54, 1.807) is 4.90 Å². The first-order valence-electron chi connectivity index (χ1n) is 8.59. The van der Waals surface area contributed by atoms with Crippen molar-refractivity contribution in [1.29, 1.82) is 0 Å². The number of benzene rings is 1. The van der Waals surface area contributed by atoms with Crippen LogP contribution >= 0.6 is 0 Å². The monoisotopic (exact) mass is 366 g/mol. The number of rotatable bonds is 6. The van der Waals surface area contributed by atoms with Gasteiger partial charge in [0.25, 0.3) is 11.9 Å². The Morgan fingerprint density at radius 2 is 2.00 bits per heavy atom. The topological polar surface area (TPSA) is 122 Å². The predicted molar refractivity (Wildman–Crippen MR) is 93.9 cm³/mol. The molecule has 3 heterocycles. The molecule has 0 bridgehead atoms. The van der Waals surface area contributed by atoms with Gasteiger partial charge in [-0.3, -0.25) is 19.3 Å². The normalized spacial score (nSPS) is 16.7. The summed E-state index contributed by atoms with van der Waals surface area (Å²) < 4.78 is 1.48. The Morgan fingerprint density at radius 3 is 2.78 bits per heavy atom. The van der Waals surface area contributed by atoms with Crippen LogP contribution in [0.15, 0.2) is 43.0 Å². The number of H-pyrrole nitrogens is 1. The molecule has 27 heavy (non-hydrogen) atoms. The smallest absolute Gasteiger partial charge is 0.288 e. The molecule has 2 N–H and O–H groups in total. The Morgan fingerprint density at radius 1 is 1.22 bits per heavy atom. The molecular weight excluding hydrogens is 348 g/mol. The standard InChI is InChI=1S/C17H18N8O2/c26-14-8-13(9-24(14)7-6-12-4-2-1-3-5-12)20-16(27)15-21-17(23-22-15)25-10-18-19-11-25/h1-5,10-11,13H,6-9H2,(H,20,27)(H,21,22,23). The van der Waals surface area contributed by atoms with Crippen LogP contribution < -0.4 is 5.32 Å². The van der Waals surface area contributed by atoms with Crippen molar-refractivity contribution >= 4 is 11.8 Å². The Labute approximate surface area is 154 Å². The molecule has 138 valence electrons. The molecule has 10 nitrogen and oxygen atoms in total. The fourth-order valence-electron chi connectivity index (χ4n) is 3.02. The third kappa shape index (κ3) is 3.84. The highest BCUT2D eigenvalue weighted by molar-refractivity contribution is 5.91. The van der Waals surface area contributed by atoms with E-state index in [0.717, 1.165) is 6.42 Å². The fourth-order valence-corrected chi connectivity index (χ4v) is 3.02. The number of aromatic nitrogens is 6. The summed E-state index contributed by atoms with van der Waals surface area (Å²) in [5.41, 5.74) is 1.18. The third-order valence-corrected chi connectivity index (χ3v) is 4.40. The van der Waals surface area contributed by atoms with Crippen LogP contribution in [0, 0.1) is 0 Å². The number of amides is 2. The molecule has 2 aromatic heterocycles. The van der Waals surface area contributed by atoms with Crippen molar-refractivity contribution in [1.82, 2.24) is 40.2 Å². The van der Waals surface area contributed by atoms with Crippen LogP contribution in [-0.2, 0) is 11.2 Å². The van der Waals surface area contributed by atoms with E-state index in [9.17, 15) is 9.59 Å². The average Bonchev–Trinajstić information content (AvgIpc) is 3.42. The molecule has 1 aromatic carbocycles. The Kier molecular flexibility index (Phi) is 4.60. The van der Waals surface area contributed by atoms with Crippen molar-refractivity contribution in [3.8, 4) is 5.95 Å². The highest BCUT2D eigenvalue weighted by Gasteiger charge is 2.31. The lowest BCUT2D eigenvalue weighted by molar-refractivity contribution is -0.127. The molecule has 1 atom stereocenters. The van der Waals surface area contributed by atoms with E-state index in [0.29, 0.717) is 13.1 Å². The lowest BCUT2D eigenvalue weighted by Gasteiger charge is -2.16. The number of hydrogen-bond donors (Lipinski definition) is 2. The Bertz CT molecular complexity index is 922. The first-order chi connectivity index (χ1) is 13.2. The summed E-state index contributed by atoms with van der Waals surface area (Å²) in [6.45, 7) is 1.12. The van der Waals surface area contributed by atoms with Crippen LogP contribution in [0.3, 0.4) is 0 Å². The summed E-state index contributed by atoms with van der Waals surface area (Å²) in [6, 6.07) is 9.76. The number of carbonyl (C=O) groups is 2. The van der Waals surface area contributed by atoms with Crippen LogP contribution in [0.25, 0.3) is 5.95 Å². The maximum absolute atomic E-state index is 12.4. The number of nitrogens with zero attached hydrogens (tertiary/aromatic N) is 6. The lowest BCUT2D eigenvalue weighted by Crippen LogP contribution is -2.38. The molecule has 0 radical (unpaired) electrons. The molecule has 2 amide bonds. The van der Waals surface area contributed by atoms with Crippen LogP contribution in [0.2, 0.25) is 0 Å². The van der Waals surface area contributed by atoms with E-state index in [1.807, 2.05) is 30.3 Å². The van der Waals surface area contributed by atoms with Crippen molar-refractivity contribution in [2.75, 3.05) is 13.1 Å². The molecule has 1 saturated heterocycles. The molecule has 0 aliphatic carbocycles. The van der Waals surface area contributed by atoms with Gasteiger partial charge in [0, 0.05) is 19.5 Å². The van der Waals surface area contributed by atoms with E-state index in [2.05, 4.69) is 30.7 Å². The first kappa shape index (κ1) is 16.9. The third-order valence-electron chi connectivity index (χ3n) is 4.40. The zero-order valence-electron chi connectivity index (χ0n) is 14.4. The summed E-state index contributed by atoms with van der Waals surface area (Å²) in [4.78, 5) is 30.5. The van der Waals surface area contributed by atoms with Crippen molar-refractivity contribution in [2.45, 2.75) is 18.9 Å². The van der Waals surface area contributed by atoms with E-state index in [4.69, 9.17) is 0 Å². The molecule has 1 aliphatic rings. The quantitative estimate of drug-likeness (QED) is 0.631. The van der Waals surface area contributed by atoms with Gasteiger partial charge < -0.3 is 10.2 Å². The second kappa shape index (κ2) is 7.36. The van der Waals surface area contributed by atoms with Crippen LogP contribution in [0.4, 0.5) is 0 Å². The molecule has 10 heteroatoms. The minimum absolute atomic E-state index is 0.0407. The second-order valence-corrected chi connectivity index (χ2v) is 6.30. The van der Waals surface area contributed by atoms with Crippen LogP contribution in [0.1, 0.15) is 22.6 Å². The van der Waals surface area contributed by atoms with Crippen LogP contribution in [-0.4, -0.2) is 65.8 Å². The van der Waals surface area contributed by atoms with Gasteiger partial charge in [0.15, 0.2) is 0 Å². The van der Waals surface area contributed by atoms with Crippen molar-refractivity contribution < 1.29 is 9.59 Å². The van der Waals surface area contributed by atoms with Crippen LogP contribution in [0.5, 0.6) is 0 Å². The van der Waals surface area contributed by atoms with E-state index in [-0.39, 0.29) is 30.1 Å². The van der Waals surface area contributed by atoms with Gasteiger partial charge in [-0.25, -0.2) is 0 Å². The first-order valence-corrected chi connectivity index (χ1v) is 8.59. The zero-order valence-corrected chi connectivity index (χ0v) is 14.4. The summed E-state index contributed by atoms with van der Waals surface area (Å²) in [6.07, 6.45) is 3.95. The largest absolute Gasteiger partial charge is 0.344 e. The van der Waals surface area contributed by atoms with Gasteiger partial charge in [0.2, 0.25) is 11.7 Å². The highest BCUT2D eigenvalue weighted by Crippen LogP contribution is 2.13. The van der Waals surface area contributed by atoms with Gasteiger partial charge in [0.05, 0.1) is 6.04 Å². The lowest BCUT2D eigenvalue weighted by atomic mass is 10.1. The molecule has 1 unspecified atom stereocenters. The summed E-state index contributed by atoms with van der Waals surface area (Å²) in [5.74, 6) is -0.00506. The fraction of sp³-hybridized carbons (Fsp3) is 0.294. The van der Waals surface area contributed by atoms with Gasteiger partial charge in [-0.15, -0.1) is 15.3 Å². The van der Waals surface area contributed by atoms with Gasteiger partial charge >= 0.3 is 0 Å². The molecule has 4 rings (SSSR count). The average molecular weight is 366 g/mol. The highest BCUT2D eigenvalue weighted by atomic mass is 16.2. The Hall–Kier alpha value is -3.56.